The Hall–Kier alpha value is -1.55. The van der Waals surface area contributed by atoms with Crippen LogP contribution in [-0.4, -0.2) is 11.1 Å². The Morgan fingerprint density at radius 3 is 2.79 bits per heavy atom. The average Bonchev–Trinajstić information content (AvgIpc) is 2.45. The molecule has 2 aromatic rings. The minimum absolute atomic E-state index is 0.373. The minimum atomic E-state index is -0.886. The van der Waals surface area contributed by atoms with E-state index in [4.69, 9.17) is 10.8 Å². The van der Waals surface area contributed by atoms with Crippen molar-refractivity contribution in [1.29, 1.82) is 0 Å². The predicted molar refractivity (Wildman–Crippen MR) is 57.9 cm³/mol. The van der Waals surface area contributed by atoms with Crippen LogP contribution in [0.2, 0.25) is 0 Å². The Morgan fingerprint density at radius 2 is 2.21 bits per heavy atom. The summed E-state index contributed by atoms with van der Waals surface area (Å²) in [5.74, 6) is -0.886. The minimum Gasteiger partial charge on any atom is -0.477 e. The number of carboxylic acids is 1. The molecule has 1 aromatic heterocycles. The maximum Gasteiger partial charge on any atom is 0.346 e. The van der Waals surface area contributed by atoms with Gasteiger partial charge in [-0.15, -0.1) is 11.3 Å². The molecule has 0 amide bonds. The Bertz CT molecular complexity index is 516. The van der Waals surface area contributed by atoms with E-state index in [1.165, 1.54) is 11.3 Å². The van der Waals surface area contributed by atoms with Crippen LogP contribution in [0.5, 0.6) is 0 Å². The summed E-state index contributed by atoms with van der Waals surface area (Å²) in [4.78, 5) is 11.2. The number of nitrogens with two attached hydrogens (primary N) is 1. The molecule has 3 N–H and O–H groups in total. The Morgan fingerprint density at radius 1 is 1.50 bits per heavy atom. The van der Waals surface area contributed by atoms with Crippen LogP contribution in [0.4, 0.5) is 5.69 Å². The standard InChI is InChI=1S/C10H9NO2S/c1-5-8-6(11)3-2-4-7(8)14-9(5)10(12)13/h2-4H,11H2,1H3,(H,12,13). The smallest absolute Gasteiger partial charge is 0.346 e. The normalized spacial score (nSPS) is 10.6. The highest BCUT2D eigenvalue weighted by Gasteiger charge is 2.15. The van der Waals surface area contributed by atoms with Crippen molar-refractivity contribution in [2.24, 2.45) is 0 Å². The van der Waals surface area contributed by atoms with Crippen molar-refractivity contribution in [1.82, 2.24) is 0 Å². The molecular formula is C10H9NO2S. The second-order valence-electron chi connectivity index (χ2n) is 3.08. The fourth-order valence-electron chi connectivity index (χ4n) is 1.54. The van der Waals surface area contributed by atoms with Crippen molar-refractivity contribution in [2.75, 3.05) is 5.73 Å². The summed E-state index contributed by atoms with van der Waals surface area (Å²) in [5.41, 5.74) is 7.19. The lowest BCUT2D eigenvalue weighted by Crippen LogP contribution is -1.94. The first-order valence-electron chi connectivity index (χ1n) is 4.12. The van der Waals surface area contributed by atoms with Crippen molar-refractivity contribution in [2.45, 2.75) is 6.92 Å². The van der Waals surface area contributed by atoms with Gasteiger partial charge in [0.2, 0.25) is 0 Å². The zero-order valence-electron chi connectivity index (χ0n) is 7.57. The first kappa shape index (κ1) is 9.02. The molecule has 14 heavy (non-hydrogen) atoms. The molecule has 0 saturated carbocycles. The van der Waals surface area contributed by atoms with E-state index in [2.05, 4.69) is 0 Å². The van der Waals surface area contributed by atoms with Crippen LogP contribution in [0.3, 0.4) is 0 Å². The molecule has 0 spiro atoms. The van der Waals surface area contributed by atoms with E-state index < -0.39 is 5.97 Å². The van der Waals surface area contributed by atoms with E-state index >= 15 is 0 Å². The highest BCUT2D eigenvalue weighted by atomic mass is 32.1. The fourth-order valence-corrected chi connectivity index (χ4v) is 2.62. The summed E-state index contributed by atoms with van der Waals surface area (Å²) >= 11 is 1.27. The number of aromatic carboxylic acids is 1. The van der Waals surface area contributed by atoms with Gasteiger partial charge in [-0.2, -0.15) is 0 Å². The summed E-state index contributed by atoms with van der Waals surface area (Å²) in [5, 5.41) is 9.80. The molecule has 1 aromatic carbocycles. The maximum absolute atomic E-state index is 10.9. The molecule has 0 atom stereocenters. The van der Waals surface area contributed by atoms with Gasteiger partial charge in [0.15, 0.2) is 0 Å². The van der Waals surface area contributed by atoms with Crippen molar-refractivity contribution in [3.8, 4) is 0 Å². The topological polar surface area (TPSA) is 63.3 Å². The zero-order chi connectivity index (χ0) is 10.3. The van der Waals surface area contributed by atoms with Crippen molar-refractivity contribution >= 4 is 33.1 Å². The predicted octanol–water partition coefficient (Wildman–Crippen LogP) is 2.49. The number of anilines is 1. The zero-order valence-corrected chi connectivity index (χ0v) is 8.39. The summed E-state index contributed by atoms with van der Waals surface area (Å²) in [6.45, 7) is 1.79. The van der Waals surface area contributed by atoms with Crippen molar-refractivity contribution in [3.63, 3.8) is 0 Å². The van der Waals surface area contributed by atoms with E-state index in [0.29, 0.717) is 10.6 Å². The van der Waals surface area contributed by atoms with E-state index in [0.717, 1.165) is 15.6 Å². The molecule has 0 unspecified atom stereocenters. The van der Waals surface area contributed by atoms with Gasteiger partial charge in [-0.1, -0.05) is 6.07 Å². The van der Waals surface area contributed by atoms with Crippen LogP contribution < -0.4 is 5.73 Å². The van der Waals surface area contributed by atoms with Gasteiger partial charge in [-0.3, -0.25) is 0 Å². The second kappa shape index (κ2) is 2.99. The number of carbonyl (C=O) groups is 1. The lowest BCUT2D eigenvalue weighted by atomic mass is 10.1. The molecule has 0 fully saturated rings. The van der Waals surface area contributed by atoms with Crippen LogP contribution in [0.1, 0.15) is 15.2 Å². The third-order valence-electron chi connectivity index (χ3n) is 2.18. The molecule has 3 nitrogen and oxygen atoms in total. The monoisotopic (exact) mass is 207 g/mol. The number of nitrogen functional groups attached to an aromatic ring is 1. The molecular weight excluding hydrogens is 198 g/mol. The largest absolute Gasteiger partial charge is 0.477 e. The molecule has 0 aliphatic rings. The fraction of sp³-hybridized carbons (Fsp3) is 0.100. The molecule has 0 bridgehead atoms. The van der Waals surface area contributed by atoms with E-state index in [-0.39, 0.29) is 0 Å². The van der Waals surface area contributed by atoms with E-state index in [9.17, 15) is 4.79 Å². The number of hydrogen-bond donors (Lipinski definition) is 2. The number of rotatable bonds is 1. The Labute approximate surface area is 84.8 Å². The van der Waals surface area contributed by atoms with Gasteiger partial charge in [0.05, 0.1) is 0 Å². The number of benzene rings is 1. The highest BCUT2D eigenvalue weighted by molar-refractivity contribution is 7.21. The van der Waals surface area contributed by atoms with Crippen LogP contribution in [0.15, 0.2) is 18.2 Å². The third kappa shape index (κ3) is 1.15. The molecule has 0 radical (unpaired) electrons. The van der Waals surface area contributed by atoms with Crippen LogP contribution >= 0.6 is 11.3 Å². The molecule has 0 aliphatic heterocycles. The first-order valence-corrected chi connectivity index (χ1v) is 4.94. The SMILES string of the molecule is Cc1c(C(=O)O)sc2cccc(N)c12. The van der Waals surface area contributed by atoms with Crippen molar-refractivity contribution in [3.05, 3.63) is 28.6 Å². The number of carboxylic acid groups (broad SMARTS) is 1. The number of fused-ring (bicyclic) bond motifs is 1. The second-order valence-corrected chi connectivity index (χ2v) is 4.13. The van der Waals surface area contributed by atoms with Crippen LogP contribution in [0, 0.1) is 6.92 Å². The van der Waals surface area contributed by atoms with E-state index in [1.807, 2.05) is 12.1 Å². The average molecular weight is 207 g/mol. The third-order valence-corrected chi connectivity index (χ3v) is 3.43. The Kier molecular flexibility index (Phi) is 1.93. The van der Waals surface area contributed by atoms with Gasteiger partial charge in [-0.25, -0.2) is 4.79 Å². The lowest BCUT2D eigenvalue weighted by Gasteiger charge is -1.96. The molecule has 72 valence electrons. The summed E-state index contributed by atoms with van der Waals surface area (Å²) in [7, 11) is 0. The van der Waals surface area contributed by atoms with Gasteiger partial charge in [0, 0.05) is 15.8 Å². The molecule has 2 rings (SSSR count). The summed E-state index contributed by atoms with van der Waals surface area (Å²) in [6, 6.07) is 5.50. The Balaban J connectivity index is 2.87. The maximum atomic E-state index is 10.9. The van der Waals surface area contributed by atoms with Gasteiger partial charge in [0.1, 0.15) is 4.88 Å². The van der Waals surface area contributed by atoms with Gasteiger partial charge in [0.25, 0.3) is 0 Å². The van der Waals surface area contributed by atoms with Gasteiger partial charge < -0.3 is 10.8 Å². The molecule has 0 saturated heterocycles. The summed E-state index contributed by atoms with van der Waals surface area (Å²) in [6.07, 6.45) is 0. The van der Waals surface area contributed by atoms with Gasteiger partial charge >= 0.3 is 5.97 Å². The first-order chi connectivity index (χ1) is 6.61. The summed E-state index contributed by atoms with van der Waals surface area (Å²) < 4.78 is 0.930. The quantitative estimate of drug-likeness (QED) is 0.706. The number of aryl methyl sites for hydroxylation is 1. The molecule has 0 aliphatic carbocycles. The van der Waals surface area contributed by atoms with Crippen LogP contribution in [-0.2, 0) is 0 Å². The number of thiophene rings is 1. The number of hydrogen-bond acceptors (Lipinski definition) is 3. The molecule has 4 heteroatoms. The molecule has 1 heterocycles. The van der Waals surface area contributed by atoms with E-state index in [1.54, 1.807) is 13.0 Å². The van der Waals surface area contributed by atoms with Crippen molar-refractivity contribution < 1.29 is 9.90 Å². The van der Waals surface area contributed by atoms with Gasteiger partial charge in [-0.05, 0) is 24.6 Å². The van der Waals surface area contributed by atoms with Crippen LogP contribution in [0.25, 0.3) is 10.1 Å². The highest BCUT2D eigenvalue weighted by Crippen LogP contribution is 2.34. The lowest BCUT2D eigenvalue weighted by molar-refractivity contribution is 0.0701.